The first-order valence-corrected chi connectivity index (χ1v) is 13.9. The van der Waals surface area contributed by atoms with Gasteiger partial charge in [-0.15, -0.1) is 0 Å². The van der Waals surface area contributed by atoms with Crippen LogP contribution in [0, 0.1) is 5.82 Å². The first-order valence-electron chi connectivity index (χ1n) is 12.4. The maximum absolute atomic E-state index is 13.8. The number of aromatic nitrogens is 1. The van der Waals surface area contributed by atoms with Crippen molar-refractivity contribution in [2.24, 2.45) is 4.99 Å². The van der Waals surface area contributed by atoms with Gasteiger partial charge < -0.3 is 9.47 Å². The third-order valence-corrected chi connectivity index (χ3v) is 8.01. The molecule has 4 aromatic rings. The molecule has 2 heterocycles. The Morgan fingerprint density at radius 3 is 2.58 bits per heavy atom. The molecule has 204 valence electrons. The molecule has 0 spiro atoms. The summed E-state index contributed by atoms with van der Waals surface area (Å²) in [4.78, 5) is 31.8. The molecular formula is C30H23Cl2FN2O4S. The number of nitrogens with zero attached hydrogens (tertiary/aromatic N) is 2. The van der Waals surface area contributed by atoms with Gasteiger partial charge in [0.1, 0.15) is 18.2 Å². The van der Waals surface area contributed by atoms with Crippen molar-refractivity contribution >= 4 is 46.6 Å². The highest BCUT2D eigenvalue weighted by molar-refractivity contribution is 7.07. The fraction of sp³-hybridized carbons (Fsp3) is 0.167. The third kappa shape index (κ3) is 5.61. The molecular weight excluding hydrogens is 574 g/mol. The number of ether oxygens (including phenoxy) is 2. The zero-order chi connectivity index (χ0) is 28.4. The summed E-state index contributed by atoms with van der Waals surface area (Å²) in [7, 11) is 0. The molecule has 0 radical (unpaired) electrons. The van der Waals surface area contributed by atoms with Gasteiger partial charge in [-0.2, -0.15) is 0 Å². The number of fused-ring (bicyclic) bond motifs is 1. The van der Waals surface area contributed by atoms with Gasteiger partial charge in [0.05, 0.1) is 38.5 Å². The maximum atomic E-state index is 13.8. The number of thiazole rings is 1. The molecule has 6 nitrogen and oxygen atoms in total. The van der Waals surface area contributed by atoms with Crippen LogP contribution in [0.1, 0.15) is 36.6 Å². The van der Waals surface area contributed by atoms with Gasteiger partial charge in [0.25, 0.3) is 5.56 Å². The first kappa shape index (κ1) is 27.8. The van der Waals surface area contributed by atoms with Crippen LogP contribution in [0.4, 0.5) is 4.39 Å². The lowest BCUT2D eigenvalue weighted by Gasteiger charge is -2.24. The van der Waals surface area contributed by atoms with Crippen LogP contribution in [0.3, 0.4) is 0 Å². The van der Waals surface area contributed by atoms with Crippen LogP contribution >= 0.6 is 34.5 Å². The van der Waals surface area contributed by atoms with Crippen molar-refractivity contribution in [2.75, 3.05) is 6.61 Å². The summed E-state index contributed by atoms with van der Waals surface area (Å²) in [5, 5.41) is 0.895. The Morgan fingerprint density at radius 2 is 1.85 bits per heavy atom. The highest BCUT2D eigenvalue weighted by atomic mass is 35.5. The number of rotatable bonds is 7. The Bertz CT molecular complexity index is 1810. The van der Waals surface area contributed by atoms with Crippen molar-refractivity contribution in [1.29, 1.82) is 0 Å². The summed E-state index contributed by atoms with van der Waals surface area (Å²) >= 11 is 13.3. The van der Waals surface area contributed by atoms with Gasteiger partial charge in [-0.1, -0.05) is 70.9 Å². The number of allylic oxidation sites excluding steroid dienone is 1. The Balaban J connectivity index is 1.58. The summed E-state index contributed by atoms with van der Waals surface area (Å²) in [6.45, 7) is 3.81. The second kappa shape index (κ2) is 11.8. The minimum Gasteiger partial charge on any atom is -0.488 e. The minimum atomic E-state index is -0.820. The Morgan fingerprint density at radius 1 is 1.10 bits per heavy atom. The lowest BCUT2D eigenvalue weighted by Crippen LogP contribution is -2.39. The van der Waals surface area contributed by atoms with Crippen molar-refractivity contribution in [2.45, 2.75) is 26.5 Å². The Hall–Kier alpha value is -3.72. The SMILES string of the molecule is CCOC(=O)C1=C(C)N=c2sc(=Cc3ccccc3OCc3ccc(Cl)c(Cl)c3)c(=O)n2[C@H]1c1ccc(F)cc1. The summed E-state index contributed by atoms with van der Waals surface area (Å²) in [5.74, 6) is -0.432. The molecule has 1 atom stereocenters. The highest BCUT2D eigenvalue weighted by Gasteiger charge is 2.33. The standard InChI is InChI=1S/C30H23Cl2FN2O4S/c1-3-38-29(37)26-17(2)34-30-35(27(26)19-9-11-21(33)12-10-19)28(36)25(40-30)15-20-6-4-5-7-24(20)39-16-18-8-13-22(31)23(32)14-18/h4-15,27H,3,16H2,1-2H3/t27-/m0/s1. The van der Waals surface area contributed by atoms with Crippen LogP contribution in [0.25, 0.3) is 6.08 Å². The molecule has 1 aliphatic rings. The predicted octanol–water partition coefficient (Wildman–Crippen LogP) is 5.82. The van der Waals surface area contributed by atoms with E-state index in [9.17, 15) is 14.0 Å². The molecule has 0 N–H and O–H groups in total. The molecule has 0 saturated carbocycles. The quantitative estimate of drug-likeness (QED) is 0.252. The van der Waals surface area contributed by atoms with Crippen molar-refractivity contribution in [1.82, 2.24) is 4.57 Å². The average molecular weight is 597 g/mol. The zero-order valence-electron chi connectivity index (χ0n) is 21.5. The van der Waals surface area contributed by atoms with Crippen molar-refractivity contribution in [3.63, 3.8) is 0 Å². The van der Waals surface area contributed by atoms with E-state index >= 15 is 0 Å². The molecule has 0 bridgehead atoms. The molecule has 5 rings (SSSR count). The number of hydrogen-bond acceptors (Lipinski definition) is 6. The number of carbonyl (C=O) groups excluding carboxylic acids is 1. The van der Waals surface area contributed by atoms with Crippen LogP contribution in [-0.2, 0) is 16.1 Å². The van der Waals surface area contributed by atoms with Crippen molar-refractivity contribution in [3.8, 4) is 5.75 Å². The van der Waals surface area contributed by atoms with E-state index in [0.29, 0.717) is 42.0 Å². The Kier molecular flexibility index (Phi) is 8.21. The van der Waals surface area contributed by atoms with Crippen LogP contribution < -0.4 is 19.6 Å². The second-order valence-electron chi connectivity index (χ2n) is 8.93. The summed E-state index contributed by atoms with van der Waals surface area (Å²) in [5.41, 5.74) is 2.42. The maximum Gasteiger partial charge on any atom is 0.338 e. The average Bonchev–Trinajstić information content (AvgIpc) is 3.24. The van der Waals surface area contributed by atoms with Gasteiger partial charge in [0.2, 0.25) is 0 Å². The normalized spacial score (nSPS) is 15.0. The van der Waals surface area contributed by atoms with E-state index < -0.39 is 17.8 Å². The zero-order valence-corrected chi connectivity index (χ0v) is 23.8. The molecule has 3 aromatic carbocycles. The largest absolute Gasteiger partial charge is 0.488 e. The molecule has 0 saturated heterocycles. The molecule has 0 amide bonds. The third-order valence-electron chi connectivity index (χ3n) is 6.29. The van der Waals surface area contributed by atoms with E-state index in [4.69, 9.17) is 32.7 Å². The summed E-state index contributed by atoms with van der Waals surface area (Å²) in [6.07, 6.45) is 1.74. The van der Waals surface area contributed by atoms with E-state index in [2.05, 4.69) is 4.99 Å². The van der Waals surface area contributed by atoms with Gasteiger partial charge in [0.15, 0.2) is 4.80 Å². The van der Waals surface area contributed by atoms with Gasteiger partial charge in [-0.05, 0) is 61.4 Å². The van der Waals surface area contributed by atoms with E-state index in [1.807, 2.05) is 30.3 Å². The summed E-state index contributed by atoms with van der Waals surface area (Å²) < 4.78 is 27.0. The number of hydrogen-bond donors (Lipinski definition) is 0. The van der Waals surface area contributed by atoms with Gasteiger partial charge in [-0.25, -0.2) is 14.2 Å². The van der Waals surface area contributed by atoms with Crippen LogP contribution in [-0.4, -0.2) is 17.1 Å². The Labute approximate surface area is 243 Å². The fourth-order valence-electron chi connectivity index (χ4n) is 4.41. The van der Waals surface area contributed by atoms with Gasteiger partial charge in [0, 0.05) is 5.56 Å². The van der Waals surface area contributed by atoms with Crippen molar-refractivity contribution in [3.05, 3.63) is 130 Å². The lowest BCUT2D eigenvalue weighted by atomic mass is 9.96. The first-order chi connectivity index (χ1) is 19.3. The molecule has 1 aromatic heterocycles. The number of benzene rings is 3. The van der Waals surface area contributed by atoms with Crippen LogP contribution in [0.2, 0.25) is 10.0 Å². The number of esters is 1. The molecule has 1 aliphatic heterocycles. The number of carbonyl (C=O) groups is 1. The van der Waals surface area contributed by atoms with Crippen LogP contribution in [0.5, 0.6) is 5.75 Å². The van der Waals surface area contributed by atoms with Gasteiger partial charge in [-0.3, -0.25) is 9.36 Å². The predicted molar refractivity (Wildman–Crippen MR) is 154 cm³/mol. The van der Waals surface area contributed by atoms with E-state index in [0.717, 1.165) is 5.56 Å². The van der Waals surface area contributed by atoms with Crippen molar-refractivity contribution < 1.29 is 18.7 Å². The lowest BCUT2D eigenvalue weighted by molar-refractivity contribution is -0.139. The minimum absolute atomic E-state index is 0.162. The monoisotopic (exact) mass is 596 g/mol. The topological polar surface area (TPSA) is 69.9 Å². The second-order valence-corrected chi connectivity index (χ2v) is 10.8. The van der Waals surface area contributed by atoms with Gasteiger partial charge >= 0.3 is 5.97 Å². The molecule has 0 aliphatic carbocycles. The van der Waals surface area contributed by atoms with E-state index in [1.54, 1.807) is 44.2 Å². The number of para-hydroxylation sites is 1. The summed E-state index contributed by atoms with van der Waals surface area (Å²) in [6, 6.07) is 17.5. The number of halogens is 3. The smallest absolute Gasteiger partial charge is 0.338 e. The molecule has 10 heteroatoms. The van der Waals surface area contributed by atoms with E-state index in [-0.39, 0.29) is 24.3 Å². The fourth-order valence-corrected chi connectivity index (χ4v) is 5.77. The molecule has 0 fully saturated rings. The molecule has 40 heavy (non-hydrogen) atoms. The van der Waals surface area contributed by atoms with E-state index in [1.165, 1.54) is 28.0 Å². The highest BCUT2D eigenvalue weighted by Crippen LogP contribution is 2.31. The van der Waals surface area contributed by atoms with Crippen LogP contribution in [0.15, 0.2) is 87.8 Å². The molecule has 0 unspecified atom stereocenters.